The Bertz CT molecular complexity index is 844. The van der Waals surface area contributed by atoms with Crippen molar-refractivity contribution in [2.45, 2.75) is 20.3 Å². The van der Waals surface area contributed by atoms with Gasteiger partial charge in [-0.3, -0.25) is 9.10 Å². The standard InChI is InChI=1S/C18H21FN2O3S/c1-13-10-14(2)12-16(11-13)20-18(22)8-9-21(25(3,23)24)17-6-4-15(19)5-7-17/h4-7,10-12H,8-9H2,1-3H3,(H,20,22). The summed E-state index contributed by atoms with van der Waals surface area (Å²) in [6.45, 7) is 3.84. The van der Waals surface area contributed by atoms with Gasteiger partial charge in [0.05, 0.1) is 11.9 Å². The predicted molar refractivity (Wildman–Crippen MR) is 97.8 cm³/mol. The molecule has 5 nitrogen and oxygen atoms in total. The van der Waals surface area contributed by atoms with Gasteiger partial charge in [-0.15, -0.1) is 0 Å². The van der Waals surface area contributed by atoms with Crippen LogP contribution in [0.5, 0.6) is 0 Å². The van der Waals surface area contributed by atoms with Crippen molar-refractivity contribution in [3.63, 3.8) is 0 Å². The number of amides is 1. The molecule has 25 heavy (non-hydrogen) atoms. The lowest BCUT2D eigenvalue weighted by atomic mass is 10.1. The van der Waals surface area contributed by atoms with E-state index in [4.69, 9.17) is 0 Å². The van der Waals surface area contributed by atoms with Gasteiger partial charge >= 0.3 is 0 Å². The van der Waals surface area contributed by atoms with E-state index < -0.39 is 15.8 Å². The number of carbonyl (C=O) groups excluding carboxylic acids is 1. The Morgan fingerprint density at radius 1 is 1.08 bits per heavy atom. The van der Waals surface area contributed by atoms with Crippen LogP contribution in [0.4, 0.5) is 15.8 Å². The van der Waals surface area contributed by atoms with Gasteiger partial charge in [0.15, 0.2) is 0 Å². The van der Waals surface area contributed by atoms with Crippen molar-refractivity contribution < 1.29 is 17.6 Å². The minimum atomic E-state index is -3.58. The SMILES string of the molecule is Cc1cc(C)cc(NC(=O)CCN(c2ccc(F)cc2)S(C)(=O)=O)c1. The Labute approximate surface area is 147 Å². The van der Waals surface area contributed by atoms with Gasteiger partial charge in [-0.1, -0.05) is 6.07 Å². The topological polar surface area (TPSA) is 66.5 Å². The summed E-state index contributed by atoms with van der Waals surface area (Å²) in [7, 11) is -3.58. The van der Waals surface area contributed by atoms with E-state index >= 15 is 0 Å². The predicted octanol–water partition coefficient (Wildman–Crippen LogP) is 3.24. The summed E-state index contributed by atoms with van der Waals surface area (Å²) < 4.78 is 38.1. The third-order valence-electron chi connectivity index (χ3n) is 3.56. The molecule has 1 amide bonds. The average Bonchev–Trinajstić information content (AvgIpc) is 2.46. The molecule has 0 aliphatic carbocycles. The van der Waals surface area contributed by atoms with E-state index in [-0.39, 0.29) is 18.9 Å². The van der Waals surface area contributed by atoms with Crippen molar-refractivity contribution in [2.75, 3.05) is 22.4 Å². The maximum atomic E-state index is 13.0. The summed E-state index contributed by atoms with van der Waals surface area (Å²) in [5.41, 5.74) is 3.05. The van der Waals surface area contributed by atoms with Crippen LogP contribution >= 0.6 is 0 Å². The van der Waals surface area contributed by atoms with Crippen LogP contribution in [0.25, 0.3) is 0 Å². The monoisotopic (exact) mass is 364 g/mol. The normalized spacial score (nSPS) is 11.2. The number of benzene rings is 2. The molecule has 0 spiro atoms. The van der Waals surface area contributed by atoms with Gasteiger partial charge in [0.2, 0.25) is 15.9 Å². The van der Waals surface area contributed by atoms with Crippen molar-refractivity contribution >= 4 is 27.3 Å². The molecule has 7 heteroatoms. The summed E-state index contributed by atoms with van der Waals surface area (Å²) >= 11 is 0. The maximum Gasteiger partial charge on any atom is 0.232 e. The number of carbonyl (C=O) groups is 1. The first kappa shape index (κ1) is 18.9. The number of rotatable bonds is 6. The van der Waals surface area contributed by atoms with E-state index in [1.807, 2.05) is 32.0 Å². The average molecular weight is 364 g/mol. The van der Waals surface area contributed by atoms with Crippen LogP contribution in [0.2, 0.25) is 0 Å². The zero-order valence-electron chi connectivity index (χ0n) is 14.4. The molecule has 2 rings (SSSR count). The molecule has 0 heterocycles. The minimum Gasteiger partial charge on any atom is -0.326 e. The molecular weight excluding hydrogens is 343 g/mol. The molecule has 0 saturated heterocycles. The number of anilines is 2. The lowest BCUT2D eigenvalue weighted by Gasteiger charge is -2.22. The number of nitrogens with one attached hydrogen (secondary N) is 1. The van der Waals surface area contributed by atoms with Crippen LogP contribution in [0.3, 0.4) is 0 Å². The highest BCUT2D eigenvalue weighted by Crippen LogP contribution is 2.19. The zero-order chi connectivity index (χ0) is 18.6. The molecule has 0 aliphatic heterocycles. The van der Waals surface area contributed by atoms with E-state index in [1.165, 1.54) is 24.3 Å². The summed E-state index contributed by atoms with van der Waals surface area (Å²) in [6.07, 6.45) is 1.04. The molecule has 2 aromatic rings. The van der Waals surface area contributed by atoms with Crippen LogP contribution in [-0.2, 0) is 14.8 Å². The highest BCUT2D eigenvalue weighted by molar-refractivity contribution is 7.92. The molecule has 2 aromatic carbocycles. The van der Waals surface area contributed by atoms with Crippen molar-refractivity contribution in [1.29, 1.82) is 0 Å². The molecular formula is C18H21FN2O3S. The van der Waals surface area contributed by atoms with Crippen molar-refractivity contribution in [1.82, 2.24) is 0 Å². The van der Waals surface area contributed by atoms with Crippen molar-refractivity contribution in [2.24, 2.45) is 0 Å². The van der Waals surface area contributed by atoms with Gasteiger partial charge in [0, 0.05) is 18.7 Å². The molecule has 0 unspecified atom stereocenters. The van der Waals surface area contributed by atoms with Gasteiger partial charge in [0.25, 0.3) is 0 Å². The Hall–Kier alpha value is -2.41. The highest BCUT2D eigenvalue weighted by atomic mass is 32.2. The molecule has 0 fully saturated rings. The first-order valence-corrected chi connectivity index (χ1v) is 9.61. The molecule has 0 saturated carbocycles. The number of nitrogens with zero attached hydrogens (tertiary/aromatic N) is 1. The van der Waals surface area contributed by atoms with Gasteiger partial charge in [-0.2, -0.15) is 0 Å². The van der Waals surface area contributed by atoms with Gasteiger partial charge in [-0.25, -0.2) is 12.8 Å². The minimum absolute atomic E-state index is 0.0164. The second-order valence-corrected chi connectivity index (χ2v) is 7.89. The first-order valence-electron chi connectivity index (χ1n) is 7.76. The van der Waals surface area contributed by atoms with E-state index in [9.17, 15) is 17.6 Å². The maximum absolute atomic E-state index is 13.0. The number of hydrogen-bond donors (Lipinski definition) is 1. The van der Waals surface area contributed by atoms with Crippen LogP contribution in [0.1, 0.15) is 17.5 Å². The summed E-state index contributed by atoms with van der Waals surface area (Å²) in [5, 5.41) is 2.77. The Morgan fingerprint density at radius 2 is 1.64 bits per heavy atom. The van der Waals surface area contributed by atoms with Gasteiger partial charge in [-0.05, 0) is 61.4 Å². The van der Waals surface area contributed by atoms with Crippen molar-refractivity contribution in [3.8, 4) is 0 Å². The van der Waals surface area contributed by atoms with E-state index in [0.717, 1.165) is 21.7 Å². The Balaban J connectivity index is 2.07. The first-order chi connectivity index (χ1) is 11.6. The second-order valence-electron chi connectivity index (χ2n) is 5.99. The van der Waals surface area contributed by atoms with E-state index in [1.54, 1.807) is 0 Å². The fourth-order valence-electron chi connectivity index (χ4n) is 2.57. The fraction of sp³-hybridized carbons (Fsp3) is 0.278. The lowest BCUT2D eigenvalue weighted by molar-refractivity contribution is -0.116. The van der Waals surface area contributed by atoms with Crippen LogP contribution < -0.4 is 9.62 Å². The smallest absolute Gasteiger partial charge is 0.232 e. The summed E-state index contributed by atoms with van der Waals surface area (Å²) in [5.74, 6) is -0.745. The Morgan fingerprint density at radius 3 is 2.16 bits per heavy atom. The van der Waals surface area contributed by atoms with Gasteiger partial charge in [0.1, 0.15) is 5.82 Å². The molecule has 0 atom stereocenters. The number of halogens is 1. The van der Waals surface area contributed by atoms with Gasteiger partial charge < -0.3 is 5.32 Å². The Kier molecular flexibility index (Phi) is 5.79. The lowest BCUT2D eigenvalue weighted by Crippen LogP contribution is -2.33. The summed E-state index contributed by atoms with van der Waals surface area (Å²) in [6, 6.07) is 10.8. The largest absolute Gasteiger partial charge is 0.326 e. The third-order valence-corrected chi connectivity index (χ3v) is 4.76. The molecule has 1 N–H and O–H groups in total. The third kappa shape index (κ3) is 5.56. The quantitative estimate of drug-likeness (QED) is 0.856. The van der Waals surface area contributed by atoms with Crippen LogP contribution in [0, 0.1) is 19.7 Å². The molecule has 0 radical (unpaired) electrons. The molecule has 0 aliphatic rings. The van der Waals surface area contributed by atoms with Crippen molar-refractivity contribution in [3.05, 3.63) is 59.4 Å². The van der Waals surface area contributed by atoms with E-state index in [2.05, 4.69) is 5.32 Å². The summed E-state index contributed by atoms with van der Waals surface area (Å²) in [4.78, 5) is 12.2. The molecule has 134 valence electrons. The number of aryl methyl sites for hydroxylation is 2. The molecule has 0 aromatic heterocycles. The van der Waals surface area contributed by atoms with Crippen LogP contribution in [0.15, 0.2) is 42.5 Å². The molecule has 0 bridgehead atoms. The fourth-order valence-corrected chi connectivity index (χ4v) is 3.49. The zero-order valence-corrected chi connectivity index (χ0v) is 15.2. The second kappa shape index (κ2) is 7.65. The van der Waals surface area contributed by atoms with Crippen LogP contribution in [-0.4, -0.2) is 27.1 Å². The highest BCUT2D eigenvalue weighted by Gasteiger charge is 2.18. The number of sulfonamides is 1. The van der Waals surface area contributed by atoms with E-state index in [0.29, 0.717) is 11.4 Å². The number of hydrogen-bond acceptors (Lipinski definition) is 3.